The molecule has 1 aromatic rings. The van der Waals surface area contributed by atoms with E-state index >= 15 is 0 Å². The molecule has 0 saturated carbocycles. The lowest BCUT2D eigenvalue weighted by atomic mass is 10.0. The van der Waals surface area contributed by atoms with Gasteiger partial charge in [0.2, 0.25) is 0 Å². The van der Waals surface area contributed by atoms with Crippen molar-refractivity contribution in [3.63, 3.8) is 0 Å². The summed E-state index contributed by atoms with van der Waals surface area (Å²) in [5.74, 6) is 0.479. The molecule has 2 rings (SSSR count). The fourth-order valence-electron chi connectivity index (χ4n) is 2.84. The first-order valence-electron chi connectivity index (χ1n) is 6.77. The Balaban J connectivity index is 2.22. The molecule has 0 spiro atoms. The predicted octanol–water partition coefficient (Wildman–Crippen LogP) is 2.32. The van der Waals surface area contributed by atoms with Crippen molar-refractivity contribution >= 4 is 5.69 Å². The average molecular weight is 263 g/mol. The summed E-state index contributed by atoms with van der Waals surface area (Å²) in [5.41, 5.74) is 7.24. The molecule has 3 unspecified atom stereocenters. The molecule has 3 atom stereocenters. The van der Waals surface area contributed by atoms with Crippen LogP contribution in [0.5, 0.6) is 0 Å². The summed E-state index contributed by atoms with van der Waals surface area (Å²) in [6.07, 6.45) is 0.931. The van der Waals surface area contributed by atoms with Crippen molar-refractivity contribution in [1.29, 1.82) is 0 Å². The topological polar surface area (TPSA) is 72.4 Å². The van der Waals surface area contributed by atoms with Gasteiger partial charge in [-0.2, -0.15) is 0 Å². The smallest absolute Gasteiger partial charge is 0.269 e. The zero-order valence-electron chi connectivity index (χ0n) is 11.5. The maximum absolute atomic E-state index is 10.9. The quantitative estimate of drug-likeness (QED) is 0.668. The van der Waals surface area contributed by atoms with Crippen LogP contribution in [0.3, 0.4) is 0 Å². The second kappa shape index (κ2) is 5.67. The van der Waals surface area contributed by atoms with Crippen LogP contribution < -0.4 is 5.73 Å². The SMILES string of the molecule is CCC(c1cccc([N+](=O)[O-])c1)N1CC(C)C(N)C1. The van der Waals surface area contributed by atoms with Gasteiger partial charge in [-0.1, -0.05) is 26.0 Å². The van der Waals surface area contributed by atoms with Gasteiger partial charge in [-0.3, -0.25) is 15.0 Å². The number of likely N-dealkylation sites (tertiary alicyclic amines) is 1. The molecule has 5 nitrogen and oxygen atoms in total. The van der Waals surface area contributed by atoms with E-state index < -0.39 is 0 Å². The molecule has 0 radical (unpaired) electrons. The Hall–Kier alpha value is -1.46. The molecule has 1 aliphatic rings. The molecule has 0 aliphatic carbocycles. The average Bonchev–Trinajstić information content (AvgIpc) is 2.70. The van der Waals surface area contributed by atoms with Crippen molar-refractivity contribution in [2.45, 2.75) is 32.4 Å². The van der Waals surface area contributed by atoms with E-state index in [0.717, 1.165) is 25.1 Å². The Labute approximate surface area is 113 Å². The highest BCUT2D eigenvalue weighted by Crippen LogP contribution is 2.31. The standard InChI is InChI=1S/C14H21N3O2/c1-3-14(16-8-10(2)13(15)9-16)11-5-4-6-12(7-11)17(18)19/h4-7,10,13-14H,3,8-9,15H2,1-2H3. The van der Waals surface area contributed by atoms with Crippen molar-refractivity contribution < 1.29 is 4.92 Å². The van der Waals surface area contributed by atoms with Gasteiger partial charge in [0.05, 0.1) is 4.92 Å². The molecule has 0 amide bonds. The van der Waals surface area contributed by atoms with E-state index in [2.05, 4.69) is 18.7 Å². The van der Waals surface area contributed by atoms with Gasteiger partial charge in [-0.05, 0) is 17.9 Å². The van der Waals surface area contributed by atoms with Gasteiger partial charge in [0.1, 0.15) is 0 Å². The zero-order chi connectivity index (χ0) is 14.0. The van der Waals surface area contributed by atoms with Crippen LogP contribution in [0.4, 0.5) is 5.69 Å². The van der Waals surface area contributed by atoms with Gasteiger partial charge in [0, 0.05) is 37.3 Å². The first-order valence-corrected chi connectivity index (χ1v) is 6.77. The van der Waals surface area contributed by atoms with E-state index in [9.17, 15) is 10.1 Å². The molecule has 1 heterocycles. The van der Waals surface area contributed by atoms with Crippen LogP contribution in [0.25, 0.3) is 0 Å². The van der Waals surface area contributed by atoms with Crippen molar-refractivity contribution in [1.82, 2.24) is 4.90 Å². The number of nitrogens with two attached hydrogens (primary N) is 1. The van der Waals surface area contributed by atoms with E-state index in [-0.39, 0.29) is 22.7 Å². The number of hydrogen-bond donors (Lipinski definition) is 1. The van der Waals surface area contributed by atoms with E-state index in [1.54, 1.807) is 12.1 Å². The van der Waals surface area contributed by atoms with E-state index in [0.29, 0.717) is 5.92 Å². The predicted molar refractivity (Wildman–Crippen MR) is 74.8 cm³/mol. The Bertz CT molecular complexity index is 454. The number of non-ortho nitro benzene ring substituents is 1. The molecule has 2 N–H and O–H groups in total. The summed E-state index contributed by atoms with van der Waals surface area (Å²) in [6, 6.07) is 7.37. The van der Waals surface area contributed by atoms with Crippen LogP contribution in [-0.2, 0) is 0 Å². The molecule has 5 heteroatoms. The molecule has 0 bridgehead atoms. The third kappa shape index (κ3) is 2.93. The van der Waals surface area contributed by atoms with Crippen molar-refractivity contribution in [3.05, 3.63) is 39.9 Å². The minimum atomic E-state index is -0.339. The van der Waals surface area contributed by atoms with Crippen LogP contribution in [0.1, 0.15) is 31.9 Å². The van der Waals surface area contributed by atoms with Gasteiger partial charge in [-0.15, -0.1) is 0 Å². The van der Waals surface area contributed by atoms with Crippen LogP contribution >= 0.6 is 0 Å². The minimum Gasteiger partial charge on any atom is -0.326 e. The summed E-state index contributed by atoms with van der Waals surface area (Å²) in [7, 11) is 0. The number of nitrogens with zero attached hydrogens (tertiary/aromatic N) is 2. The lowest BCUT2D eigenvalue weighted by Gasteiger charge is -2.27. The molecule has 1 aliphatic heterocycles. The van der Waals surface area contributed by atoms with Gasteiger partial charge in [0.25, 0.3) is 5.69 Å². The molecule has 1 aromatic carbocycles. The third-order valence-electron chi connectivity index (χ3n) is 3.99. The Kier molecular flexibility index (Phi) is 4.17. The Morgan fingerprint density at radius 2 is 2.26 bits per heavy atom. The van der Waals surface area contributed by atoms with Crippen molar-refractivity contribution in [3.8, 4) is 0 Å². The van der Waals surface area contributed by atoms with Gasteiger partial charge in [0.15, 0.2) is 0 Å². The van der Waals surface area contributed by atoms with Gasteiger partial charge < -0.3 is 5.73 Å². The normalized spacial score (nSPS) is 25.4. The van der Waals surface area contributed by atoms with Gasteiger partial charge in [-0.25, -0.2) is 0 Å². The number of rotatable bonds is 4. The highest BCUT2D eigenvalue weighted by Gasteiger charge is 2.31. The number of nitro benzene ring substituents is 1. The summed E-state index contributed by atoms with van der Waals surface area (Å²) in [6.45, 7) is 6.09. The fourth-order valence-corrected chi connectivity index (χ4v) is 2.84. The first kappa shape index (κ1) is 14.0. The summed E-state index contributed by atoms with van der Waals surface area (Å²) in [5, 5.41) is 10.9. The molecular formula is C14H21N3O2. The van der Waals surface area contributed by atoms with Crippen molar-refractivity contribution in [2.24, 2.45) is 11.7 Å². The number of hydrogen-bond acceptors (Lipinski definition) is 4. The fraction of sp³-hybridized carbons (Fsp3) is 0.571. The van der Waals surface area contributed by atoms with Crippen LogP contribution in [0.2, 0.25) is 0 Å². The summed E-state index contributed by atoms with van der Waals surface area (Å²) in [4.78, 5) is 12.9. The molecule has 1 fully saturated rings. The Morgan fingerprint density at radius 3 is 2.79 bits per heavy atom. The van der Waals surface area contributed by atoms with Crippen LogP contribution in [0, 0.1) is 16.0 Å². The van der Waals surface area contributed by atoms with Crippen LogP contribution in [0.15, 0.2) is 24.3 Å². The highest BCUT2D eigenvalue weighted by atomic mass is 16.6. The third-order valence-corrected chi connectivity index (χ3v) is 3.99. The monoisotopic (exact) mass is 263 g/mol. The molecular weight excluding hydrogens is 242 g/mol. The molecule has 1 saturated heterocycles. The number of benzene rings is 1. The second-order valence-corrected chi connectivity index (χ2v) is 5.37. The Morgan fingerprint density at radius 1 is 1.53 bits per heavy atom. The van der Waals surface area contributed by atoms with E-state index in [1.807, 2.05) is 6.07 Å². The second-order valence-electron chi connectivity index (χ2n) is 5.37. The van der Waals surface area contributed by atoms with Gasteiger partial charge >= 0.3 is 0 Å². The summed E-state index contributed by atoms with van der Waals surface area (Å²) < 4.78 is 0. The molecule has 104 valence electrons. The largest absolute Gasteiger partial charge is 0.326 e. The number of nitro groups is 1. The van der Waals surface area contributed by atoms with E-state index in [1.165, 1.54) is 6.07 Å². The first-order chi connectivity index (χ1) is 9.02. The summed E-state index contributed by atoms with van der Waals surface area (Å²) >= 11 is 0. The maximum atomic E-state index is 10.9. The van der Waals surface area contributed by atoms with E-state index in [4.69, 9.17) is 5.73 Å². The molecule has 19 heavy (non-hydrogen) atoms. The maximum Gasteiger partial charge on any atom is 0.269 e. The lowest BCUT2D eigenvalue weighted by molar-refractivity contribution is -0.385. The lowest BCUT2D eigenvalue weighted by Crippen LogP contribution is -2.30. The highest BCUT2D eigenvalue weighted by molar-refractivity contribution is 5.36. The zero-order valence-corrected chi connectivity index (χ0v) is 11.5. The molecule has 0 aromatic heterocycles. The van der Waals surface area contributed by atoms with Crippen LogP contribution in [-0.4, -0.2) is 29.0 Å². The van der Waals surface area contributed by atoms with Crippen molar-refractivity contribution in [2.75, 3.05) is 13.1 Å². The minimum absolute atomic E-state index is 0.160.